The summed E-state index contributed by atoms with van der Waals surface area (Å²) in [6, 6.07) is 17.8. The number of hydrogen-bond donors (Lipinski definition) is 1. The van der Waals surface area contributed by atoms with E-state index in [9.17, 15) is 4.79 Å². The molecule has 0 heterocycles. The molecule has 4 heteroatoms. The summed E-state index contributed by atoms with van der Waals surface area (Å²) in [4.78, 5) is 13.4. The van der Waals surface area contributed by atoms with Crippen molar-refractivity contribution in [3.63, 3.8) is 0 Å². The number of methoxy groups -OCH3 is 1. The van der Waals surface area contributed by atoms with E-state index in [1.54, 1.807) is 19.2 Å². The maximum Gasteiger partial charge on any atom is 0.248 e. The lowest BCUT2D eigenvalue weighted by atomic mass is 10.1. The SMILES string of the molecule is COCCN(Cc1ccccc1)Cc1ccc(C(N)=O)cc1. The van der Waals surface area contributed by atoms with E-state index < -0.39 is 5.91 Å². The number of primary amides is 1. The van der Waals surface area contributed by atoms with Crippen LogP contribution < -0.4 is 5.73 Å². The van der Waals surface area contributed by atoms with Crippen LogP contribution in [-0.2, 0) is 17.8 Å². The topological polar surface area (TPSA) is 55.6 Å². The molecule has 0 aliphatic heterocycles. The Balaban J connectivity index is 2.03. The minimum atomic E-state index is -0.396. The van der Waals surface area contributed by atoms with Gasteiger partial charge >= 0.3 is 0 Å². The van der Waals surface area contributed by atoms with Crippen molar-refractivity contribution in [2.45, 2.75) is 13.1 Å². The molecule has 0 radical (unpaired) electrons. The number of ether oxygens (including phenoxy) is 1. The molecule has 0 bridgehead atoms. The average molecular weight is 298 g/mol. The van der Waals surface area contributed by atoms with Crippen molar-refractivity contribution in [2.75, 3.05) is 20.3 Å². The fourth-order valence-corrected chi connectivity index (χ4v) is 2.31. The molecule has 0 atom stereocenters. The molecule has 0 spiro atoms. The van der Waals surface area contributed by atoms with E-state index in [1.807, 2.05) is 30.3 Å². The van der Waals surface area contributed by atoms with Gasteiger partial charge in [0.2, 0.25) is 5.91 Å². The molecular formula is C18H22N2O2. The van der Waals surface area contributed by atoms with Gasteiger partial charge in [-0.15, -0.1) is 0 Å². The van der Waals surface area contributed by atoms with Crippen molar-refractivity contribution in [3.8, 4) is 0 Å². The molecule has 0 unspecified atom stereocenters. The van der Waals surface area contributed by atoms with Crippen LogP contribution in [0.2, 0.25) is 0 Å². The van der Waals surface area contributed by atoms with Gasteiger partial charge < -0.3 is 10.5 Å². The highest BCUT2D eigenvalue weighted by molar-refractivity contribution is 5.92. The van der Waals surface area contributed by atoms with Crippen LogP contribution in [0.25, 0.3) is 0 Å². The first-order valence-electron chi connectivity index (χ1n) is 7.33. The number of nitrogens with zero attached hydrogens (tertiary/aromatic N) is 1. The Hall–Kier alpha value is -2.17. The monoisotopic (exact) mass is 298 g/mol. The molecule has 0 fully saturated rings. The molecule has 2 aromatic carbocycles. The molecule has 0 aromatic heterocycles. The highest BCUT2D eigenvalue weighted by Crippen LogP contribution is 2.11. The number of carbonyl (C=O) groups is 1. The van der Waals surface area contributed by atoms with Gasteiger partial charge in [0.15, 0.2) is 0 Å². The molecule has 2 N–H and O–H groups in total. The standard InChI is InChI=1S/C18H22N2O2/c1-22-12-11-20(13-15-5-3-2-4-6-15)14-16-7-9-17(10-8-16)18(19)21/h2-10H,11-14H2,1H3,(H2,19,21). The normalized spacial score (nSPS) is 10.8. The smallest absolute Gasteiger partial charge is 0.248 e. The minimum absolute atomic E-state index is 0.396. The van der Waals surface area contributed by atoms with Crippen LogP contribution >= 0.6 is 0 Å². The van der Waals surface area contributed by atoms with Crippen molar-refractivity contribution >= 4 is 5.91 Å². The molecule has 0 aliphatic rings. The van der Waals surface area contributed by atoms with Crippen molar-refractivity contribution in [3.05, 3.63) is 71.3 Å². The van der Waals surface area contributed by atoms with Gasteiger partial charge in [0.1, 0.15) is 0 Å². The third kappa shape index (κ3) is 4.98. The van der Waals surface area contributed by atoms with Gasteiger partial charge in [-0.3, -0.25) is 9.69 Å². The van der Waals surface area contributed by atoms with E-state index in [0.29, 0.717) is 12.2 Å². The van der Waals surface area contributed by atoms with Crippen LogP contribution in [0.4, 0.5) is 0 Å². The molecule has 0 saturated heterocycles. The highest BCUT2D eigenvalue weighted by atomic mass is 16.5. The summed E-state index contributed by atoms with van der Waals surface area (Å²) < 4.78 is 5.20. The zero-order valence-corrected chi connectivity index (χ0v) is 12.9. The summed E-state index contributed by atoms with van der Waals surface area (Å²) >= 11 is 0. The Kier molecular flexibility index (Phi) is 6.13. The van der Waals surface area contributed by atoms with Crippen LogP contribution in [0.1, 0.15) is 21.5 Å². The second kappa shape index (κ2) is 8.32. The van der Waals surface area contributed by atoms with E-state index in [1.165, 1.54) is 5.56 Å². The Morgan fingerprint density at radius 3 is 2.14 bits per heavy atom. The summed E-state index contributed by atoms with van der Waals surface area (Å²) in [5, 5.41) is 0. The second-order valence-corrected chi connectivity index (χ2v) is 5.25. The van der Waals surface area contributed by atoms with E-state index in [2.05, 4.69) is 17.0 Å². The molecule has 2 aromatic rings. The first-order chi connectivity index (χ1) is 10.7. The first kappa shape index (κ1) is 16.2. The van der Waals surface area contributed by atoms with Crippen LogP contribution in [0, 0.1) is 0 Å². The Labute approximate surface area is 131 Å². The van der Waals surface area contributed by atoms with Gasteiger partial charge in [0.05, 0.1) is 6.61 Å². The molecule has 116 valence electrons. The fraction of sp³-hybridized carbons (Fsp3) is 0.278. The summed E-state index contributed by atoms with van der Waals surface area (Å²) in [5.74, 6) is -0.396. The first-order valence-corrected chi connectivity index (χ1v) is 7.33. The number of hydrogen-bond acceptors (Lipinski definition) is 3. The lowest BCUT2D eigenvalue weighted by Gasteiger charge is -2.22. The van der Waals surface area contributed by atoms with Crippen LogP contribution in [-0.4, -0.2) is 31.1 Å². The molecule has 1 amide bonds. The van der Waals surface area contributed by atoms with Gasteiger partial charge in [-0.2, -0.15) is 0 Å². The lowest BCUT2D eigenvalue weighted by molar-refractivity contribution is 0.100. The maximum absolute atomic E-state index is 11.1. The molecule has 2 rings (SSSR count). The Morgan fingerprint density at radius 2 is 1.59 bits per heavy atom. The van der Waals surface area contributed by atoms with E-state index in [-0.39, 0.29) is 0 Å². The van der Waals surface area contributed by atoms with Crippen LogP contribution in [0.3, 0.4) is 0 Å². The zero-order chi connectivity index (χ0) is 15.8. The third-order valence-electron chi connectivity index (χ3n) is 3.51. The molecular weight excluding hydrogens is 276 g/mol. The molecule has 4 nitrogen and oxygen atoms in total. The van der Waals surface area contributed by atoms with Gasteiger partial charge in [0.25, 0.3) is 0 Å². The Bertz CT molecular complexity index is 582. The van der Waals surface area contributed by atoms with E-state index in [0.717, 1.165) is 25.2 Å². The average Bonchev–Trinajstić information content (AvgIpc) is 2.54. The van der Waals surface area contributed by atoms with Gasteiger partial charge in [-0.1, -0.05) is 42.5 Å². The van der Waals surface area contributed by atoms with Crippen molar-refractivity contribution in [1.82, 2.24) is 4.90 Å². The summed E-state index contributed by atoms with van der Waals surface area (Å²) in [6.07, 6.45) is 0. The Morgan fingerprint density at radius 1 is 1.00 bits per heavy atom. The van der Waals surface area contributed by atoms with Crippen LogP contribution in [0.15, 0.2) is 54.6 Å². The number of rotatable bonds is 8. The predicted molar refractivity (Wildman–Crippen MR) is 87.4 cm³/mol. The van der Waals surface area contributed by atoms with Gasteiger partial charge in [-0.25, -0.2) is 0 Å². The summed E-state index contributed by atoms with van der Waals surface area (Å²) in [6.45, 7) is 3.20. The van der Waals surface area contributed by atoms with Gasteiger partial charge in [-0.05, 0) is 23.3 Å². The molecule has 22 heavy (non-hydrogen) atoms. The van der Waals surface area contributed by atoms with Crippen LogP contribution in [0.5, 0.6) is 0 Å². The van der Waals surface area contributed by atoms with Gasteiger partial charge in [0, 0.05) is 32.3 Å². The minimum Gasteiger partial charge on any atom is -0.383 e. The van der Waals surface area contributed by atoms with Crippen molar-refractivity contribution in [2.24, 2.45) is 5.73 Å². The van der Waals surface area contributed by atoms with Crippen molar-refractivity contribution in [1.29, 1.82) is 0 Å². The number of amides is 1. The molecule has 0 saturated carbocycles. The number of benzene rings is 2. The lowest BCUT2D eigenvalue weighted by Crippen LogP contribution is -2.26. The van der Waals surface area contributed by atoms with E-state index >= 15 is 0 Å². The summed E-state index contributed by atoms with van der Waals surface area (Å²) in [5.41, 5.74) is 8.23. The summed E-state index contributed by atoms with van der Waals surface area (Å²) in [7, 11) is 1.71. The quantitative estimate of drug-likeness (QED) is 0.814. The zero-order valence-electron chi connectivity index (χ0n) is 12.9. The number of carbonyl (C=O) groups excluding carboxylic acids is 1. The highest BCUT2D eigenvalue weighted by Gasteiger charge is 2.08. The van der Waals surface area contributed by atoms with E-state index in [4.69, 9.17) is 10.5 Å². The molecule has 0 aliphatic carbocycles. The van der Waals surface area contributed by atoms with Crippen molar-refractivity contribution < 1.29 is 9.53 Å². The maximum atomic E-state index is 11.1. The predicted octanol–water partition coefficient (Wildman–Crippen LogP) is 2.43. The second-order valence-electron chi connectivity index (χ2n) is 5.25. The fourth-order valence-electron chi connectivity index (χ4n) is 2.31. The largest absolute Gasteiger partial charge is 0.383 e. The third-order valence-corrected chi connectivity index (χ3v) is 3.51. The number of nitrogens with two attached hydrogens (primary N) is 1.